The number of rotatable bonds is 3. The first-order valence-corrected chi connectivity index (χ1v) is 8.35. The topological polar surface area (TPSA) is 75.7 Å². The van der Waals surface area contributed by atoms with Gasteiger partial charge in [-0.1, -0.05) is 41.9 Å². The second-order valence-corrected chi connectivity index (χ2v) is 7.06. The van der Waals surface area contributed by atoms with Gasteiger partial charge in [-0.25, -0.2) is 13.4 Å². The van der Waals surface area contributed by atoms with Gasteiger partial charge in [0.1, 0.15) is 10.8 Å². The van der Waals surface area contributed by atoms with Gasteiger partial charge in [0.2, 0.25) is 5.28 Å². The largest absolute Gasteiger partial charge is 0.345 e. The van der Waals surface area contributed by atoms with Crippen LogP contribution in [0.4, 0.5) is 0 Å². The van der Waals surface area contributed by atoms with E-state index in [9.17, 15) is 8.42 Å². The van der Waals surface area contributed by atoms with Crippen LogP contribution >= 0.6 is 23.2 Å². The van der Waals surface area contributed by atoms with E-state index >= 15 is 0 Å². The molecule has 5 nitrogen and oxygen atoms in total. The highest BCUT2D eigenvalue weighted by molar-refractivity contribution is 7.90. The first-order chi connectivity index (χ1) is 9.97. The minimum atomic E-state index is -3.57. The molecule has 1 aromatic carbocycles. The predicted octanol–water partition coefficient (Wildman–Crippen LogP) is 3.24. The molecule has 0 saturated heterocycles. The number of benzene rings is 1. The van der Waals surface area contributed by atoms with Crippen molar-refractivity contribution in [3.05, 3.63) is 52.5 Å². The molecule has 0 aliphatic rings. The van der Waals surface area contributed by atoms with Gasteiger partial charge in [-0.3, -0.25) is 0 Å². The maximum atomic E-state index is 12.5. The Balaban J connectivity index is 2.12. The van der Waals surface area contributed by atoms with Crippen LogP contribution in [0.15, 0.2) is 41.4 Å². The molecule has 2 aromatic heterocycles. The van der Waals surface area contributed by atoms with Gasteiger partial charge in [-0.05, 0) is 17.2 Å². The zero-order valence-corrected chi connectivity index (χ0v) is 12.9. The number of nitrogens with one attached hydrogen (secondary N) is 1. The van der Waals surface area contributed by atoms with E-state index in [-0.39, 0.29) is 26.5 Å². The highest BCUT2D eigenvalue weighted by Gasteiger charge is 2.23. The molecule has 0 atom stereocenters. The molecule has 0 unspecified atom stereocenters. The lowest BCUT2D eigenvalue weighted by molar-refractivity contribution is 0.596. The first-order valence-electron chi connectivity index (χ1n) is 5.94. The maximum Gasteiger partial charge on any atom is 0.225 e. The summed E-state index contributed by atoms with van der Waals surface area (Å²) >= 11 is 11.7. The Morgan fingerprint density at radius 2 is 1.81 bits per heavy atom. The highest BCUT2D eigenvalue weighted by Crippen LogP contribution is 2.30. The van der Waals surface area contributed by atoms with E-state index in [1.165, 1.54) is 6.20 Å². The van der Waals surface area contributed by atoms with Gasteiger partial charge in [-0.15, -0.1) is 0 Å². The first kappa shape index (κ1) is 14.3. The van der Waals surface area contributed by atoms with Crippen molar-refractivity contribution in [3.8, 4) is 0 Å². The van der Waals surface area contributed by atoms with Crippen molar-refractivity contribution < 1.29 is 8.42 Å². The molecule has 8 heteroatoms. The second-order valence-electron chi connectivity index (χ2n) is 4.40. The molecule has 0 saturated carbocycles. The standard InChI is InChI=1S/C13H9Cl2N3O2S/c14-11-10-9(6-16-12(10)18-13(15)17-11)21(19,20)7-8-4-2-1-3-5-8/h1-6H,7H2,(H,16,17,18). The van der Waals surface area contributed by atoms with E-state index < -0.39 is 9.84 Å². The summed E-state index contributed by atoms with van der Waals surface area (Å²) in [6, 6.07) is 8.91. The summed E-state index contributed by atoms with van der Waals surface area (Å²) in [5.74, 6) is -0.125. The Bertz CT molecular complexity index is 908. The fourth-order valence-corrected chi connectivity index (χ4v) is 4.12. The van der Waals surface area contributed by atoms with Crippen LogP contribution in [0.25, 0.3) is 11.0 Å². The third-order valence-corrected chi connectivity index (χ3v) is 5.11. The molecule has 3 aromatic rings. The normalized spacial score (nSPS) is 11.9. The third-order valence-electron chi connectivity index (χ3n) is 2.96. The van der Waals surface area contributed by atoms with Crippen LogP contribution in [-0.4, -0.2) is 23.4 Å². The van der Waals surface area contributed by atoms with Crippen molar-refractivity contribution in [2.24, 2.45) is 0 Å². The average molecular weight is 342 g/mol. The molecule has 0 amide bonds. The smallest absolute Gasteiger partial charge is 0.225 e. The van der Waals surface area contributed by atoms with Gasteiger partial charge in [0, 0.05) is 6.20 Å². The number of sulfone groups is 1. The number of hydrogen-bond donors (Lipinski definition) is 1. The third kappa shape index (κ3) is 2.74. The predicted molar refractivity (Wildman–Crippen MR) is 81.2 cm³/mol. The lowest BCUT2D eigenvalue weighted by Crippen LogP contribution is -2.04. The Hall–Kier alpha value is -1.63. The van der Waals surface area contributed by atoms with Crippen molar-refractivity contribution in [1.82, 2.24) is 15.0 Å². The molecular weight excluding hydrogens is 333 g/mol. The fraction of sp³-hybridized carbons (Fsp3) is 0.0769. The fourth-order valence-electron chi connectivity index (χ4n) is 2.05. The summed E-state index contributed by atoms with van der Waals surface area (Å²) in [6.07, 6.45) is 1.36. The number of H-pyrrole nitrogens is 1. The van der Waals surface area contributed by atoms with Crippen LogP contribution in [0.2, 0.25) is 10.4 Å². The molecule has 0 bridgehead atoms. The lowest BCUT2D eigenvalue weighted by atomic mass is 10.2. The van der Waals surface area contributed by atoms with Crippen molar-refractivity contribution in [3.63, 3.8) is 0 Å². The van der Waals surface area contributed by atoms with Crippen LogP contribution in [-0.2, 0) is 15.6 Å². The summed E-state index contributed by atoms with van der Waals surface area (Å²) < 4.78 is 25.1. The summed E-state index contributed by atoms with van der Waals surface area (Å²) in [5.41, 5.74) is 0.990. The minimum absolute atomic E-state index is 0.0119. The van der Waals surface area contributed by atoms with Crippen LogP contribution in [0.1, 0.15) is 5.56 Å². The summed E-state index contributed by atoms with van der Waals surface area (Å²) in [6.45, 7) is 0. The monoisotopic (exact) mass is 341 g/mol. The summed E-state index contributed by atoms with van der Waals surface area (Å²) in [4.78, 5) is 10.6. The second kappa shape index (κ2) is 5.29. The summed E-state index contributed by atoms with van der Waals surface area (Å²) in [5, 5.41) is 0.233. The van der Waals surface area contributed by atoms with Gasteiger partial charge < -0.3 is 4.98 Å². The van der Waals surface area contributed by atoms with Gasteiger partial charge in [0.25, 0.3) is 0 Å². The molecule has 0 aliphatic heterocycles. The van der Waals surface area contributed by atoms with Crippen molar-refractivity contribution in [2.75, 3.05) is 0 Å². The van der Waals surface area contributed by atoms with Gasteiger partial charge in [0.05, 0.1) is 16.0 Å². The van der Waals surface area contributed by atoms with Crippen molar-refractivity contribution in [2.45, 2.75) is 10.6 Å². The molecule has 0 aliphatic carbocycles. The summed E-state index contributed by atoms with van der Waals surface area (Å²) in [7, 11) is -3.57. The van der Waals surface area contributed by atoms with E-state index in [1.807, 2.05) is 6.07 Å². The Kier molecular flexibility index (Phi) is 3.61. The number of nitrogens with zero attached hydrogens (tertiary/aromatic N) is 2. The maximum absolute atomic E-state index is 12.5. The van der Waals surface area contributed by atoms with Crippen molar-refractivity contribution >= 4 is 44.1 Å². The number of halogens is 2. The zero-order valence-electron chi connectivity index (χ0n) is 10.5. The molecule has 1 N–H and O–H groups in total. The molecule has 21 heavy (non-hydrogen) atoms. The van der Waals surface area contributed by atoms with E-state index in [0.29, 0.717) is 11.2 Å². The van der Waals surface area contributed by atoms with Gasteiger partial charge in [0.15, 0.2) is 9.84 Å². The number of hydrogen-bond acceptors (Lipinski definition) is 4. The van der Waals surface area contributed by atoms with E-state index in [2.05, 4.69) is 15.0 Å². The Labute approximate surface area is 130 Å². The van der Waals surface area contributed by atoms with Gasteiger partial charge in [-0.2, -0.15) is 4.98 Å². The number of aromatic amines is 1. The quantitative estimate of drug-likeness (QED) is 0.586. The van der Waals surface area contributed by atoms with E-state index in [0.717, 1.165) is 0 Å². The van der Waals surface area contributed by atoms with E-state index in [1.54, 1.807) is 24.3 Å². The van der Waals surface area contributed by atoms with Crippen LogP contribution in [0.3, 0.4) is 0 Å². The Morgan fingerprint density at radius 1 is 1.10 bits per heavy atom. The van der Waals surface area contributed by atoms with Crippen molar-refractivity contribution in [1.29, 1.82) is 0 Å². The van der Waals surface area contributed by atoms with E-state index in [4.69, 9.17) is 23.2 Å². The van der Waals surface area contributed by atoms with Crippen LogP contribution in [0, 0.1) is 0 Å². The Morgan fingerprint density at radius 3 is 2.52 bits per heavy atom. The zero-order chi connectivity index (χ0) is 15.0. The SMILES string of the molecule is O=S(=O)(Cc1ccccc1)c1c[nH]c2nc(Cl)nc(Cl)c12. The molecule has 3 rings (SSSR count). The van der Waals surface area contributed by atoms with Crippen LogP contribution < -0.4 is 0 Å². The van der Waals surface area contributed by atoms with Crippen LogP contribution in [0.5, 0.6) is 0 Å². The number of aromatic nitrogens is 3. The molecular formula is C13H9Cl2N3O2S. The molecule has 2 heterocycles. The molecule has 0 spiro atoms. The molecule has 0 fully saturated rings. The van der Waals surface area contributed by atoms with Gasteiger partial charge >= 0.3 is 0 Å². The lowest BCUT2D eigenvalue weighted by Gasteiger charge is -2.04. The molecule has 0 radical (unpaired) electrons. The average Bonchev–Trinajstić information content (AvgIpc) is 2.84. The number of fused-ring (bicyclic) bond motifs is 1. The molecule has 108 valence electrons. The minimum Gasteiger partial charge on any atom is -0.345 e. The highest BCUT2D eigenvalue weighted by atomic mass is 35.5.